The maximum atomic E-state index is 9.24. The van der Waals surface area contributed by atoms with Gasteiger partial charge in [0.15, 0.2) is 0 Å². The van der Waals surface area contributed by atoms with Crippen molar-refractivity contribution in [3.8, 4) is 0 Å². The molecule has 2 aromatic rings. The molecule has 0 radical (unpaired) electrons. The number of rotatable bonds is 9. The van der Waals surface area contributed by atoms with Crippen LogP contribution >= 0.6 is 0 Å². The van der Waals surface area contributed by atoms with Gasteiger partial charge in [-0.25, -0.2) is 0 Å². The van der Waals surface area contributed by atoms with Crippen LogP contribution in [-0.4, -0.2) is 80.1 Å². The molecule has 0 atom stereocenters. The van der Waals surface area contributed by atoms with Crippen molar-refractivity contribution in [2.75, 3.05) is 41.3 Å². The summed E-state index contributed by atoms with van der Waals surface area (Å²) in [4.78, 5) is 0. The molecule has 2 aromatic carbocycles. The fourth-order valence-electron chi connectivity index (χ4n) is 3.44. The molecule has 0 aliphatic carbocycles. The van der Waals surface area contributed by atoms with Crippen LogP contribution in [0, 0.1) is 0 Å². The molecule has 0 fully saturated rings. The Kier molecular flexibility index (Phi) is 7.45. The first-order valence-corrected chi connectivity index (χ1v) is 9.57. The Morgan fingerprint density at radius 2 is 1.14 bits per heavy atom. The van der Waals surface area contributed by atoms with Gasteiger partial charge in [-0.05, 0) is 23.1 Å². The Hall–Kier alpha value is -1.67. The molecular weight excluding hydrogens is 354 g/mol. The third-order valence-corrected chi connectivity index (χ3v) is 5.26. The molecule has 0 bridgehead atoms. The zero-order valence-electron chi connectivity index (χ0n) is 17.3. The minimum Gasteiger partial charge on any atom is -0.423 e. The molecule has 8 heteroatoms. The van der Waals surface area contributed by atoms with Crippen molar-refractivity contribution in [3.05, 3.63) is 54.1 Å². The summed E-state index contributed by atoms with van der Waals surface area (Å²) < 4.78 is 1.57. The number of quaternary nitrogens is 2. The average molecular weight is 386 g/mol. The first kappa shape index (κ1) is 22.6. The first-order chi connectivity index (χ1) is 13.0. The van der Waals surface area contributed by atoms with Crippen molar-refractivity contribution in [2.45, 2.75) is 13.0 Å². The van der Waals surface area contributed by atoms with E-state index in [-0.39, 0.29) is 0 Å². The smallest absolute Gasteiger partial charge is 0.423 e. The van der Waals surface area contributed by atoms with Crippen LogP contribution in [0.5, 0.6) is 0 Å². The SMILES string of the molecule is C[N+](C)(CCC[N+](C)(C)c1ccc(B(O)O)cc1)Cc1ccc(B(O)O)cc1. The highest BCUT2D eigenvalue weighted by molar-refractivity contribution is 6.58. The van der Waals surface area contributed by atoms with E-state index in [2.05, 4.69) is 28.2 Å². The van der Waals surface area contributed by atoms with Gasteiger partial charge >= 0.3 is 14.2 Å². The molecule has 0 saturated carbocycles. The van der Waals surface area contributed by atoms with E-state index in [1.807, 2.05) is 24.3 Å². The summed E-state index contributed by atoms with van der Waals surface area (Å²) in [5.74, 6) is 0. The van der Waals surface area contributed by atoms with Gasteiger partial charge in [-0.3, -0.25) is 4.48 Å². The normalized spacial score (nSPS) is 12.1. The van der Waals surface area contributed by atoms with E-state index < -0.39 is 14.2 Å². The van der Waals surface area contributed by atoms with Crippen LogP contribution in [0.4, 0.5) is 5.69 Å². The van der Waals surface area contributed by atoms with Crippen molar-refractivity contribution in [1.29, 1.82) is 0 Å². The van der Waals surface area contributed by atoms with Crippen LogP contribution in [0.15, 0.2) is 48.5 Å². The lowest BCUT2D eigenvalue weighted by molar-refractivity contribution is -0.903. The quantitative estimate of drug-likeness (QED) is 0.339. The Bertz CT molecular complexity index is 748. The molecule has 6 nitrogen and oxygen atoms in total. The Morgan fingerprint density at radius 1 is 0.679 bits per heavy atom. The highest BCUT2D eigenvalue weighted by Crippen LogP contribution is 2.19. The fourth-order valence-corrected chi connectivity index (χ4v) is 3.44. The molecule has 0 spiro atoms. The molecule has 4 N–H and O–H groups in total. The van der Waals surface area contributed by atoms with Crippen LogP contribution in [0.2, 0.25) is 0 Å². The summed E-state index contributed by atoms with van der Waals surface area (Å²) in [6, 6.07) is 14.8. The lowest BCUT2D eigenvalue weighted by atomic mass is 9.80. The summed E-state index contributed by atoms with van der Waals surface area (Å²) >= 11 is 0. The zero-order chi connectivity index (χ0) is 20.9. The Labute approximate surface area is 168 Å². The van der Waals surface area contributed by atoms with E-state index in [1.165, 1.54) is 5.56 Å². The molecule has 0 aromatic heterocycles. The number of hydrogen-bond donors (Lipinski definition) is 4. The maximum Gasteiger partial charge on any atom is 0.488 e. The van der Waals surface area contributed by atoms with Gasteiger partial charge in [0.1, 0.15) is 12.2 Å². The van der Waals surface area contributed by atoms with E-state index in [4.69, 9.17) is 0 Å². The summed E-state index contributed by atoms with van der Waals surface area (Å²) in [6.07, 6.45) is 1.04. The lowest BCUT2D eigenvalue weighted by Crippen LogP contribution is -2.46. The number of benzene rings is 2. The van der Waals surface area contributed by atoms with Gasteiger partial charge in [0, 0.05) is 12.0 Å². The Morgan fingerprint density at radius 3 is 1.61 bits per heavy atom. The molecule has 0 aliphatic heterocycles. The third kappa shape index (κ3) is 6.44. The van der Waals surface area contributed by atoms with E-state index in [0.717, 1.165) is 40.7 Å². The molecule has 0 aliphatic rings. The van der Waals surface area contributed by atoms with Crippen LogP contribution in [0.3, 0.4) is 0 Å². The second-order valence-corrected chi connectivity index (χ2v) is 8.66. The molecule has 0 amide bonds. The van der Waals surface area contributed by atoms with E-state index >= 15 is 0 Å². The molecule has 150 valence electrons. The Balaban J connectivity index is 1.90. The predicted octanol–water partition coefficient (Wildman–Crippen LogP) is -0.720. The predicted molar refractivity (Wildman–Crippen MR) is 116 cm³/mol. The van der Waals surface area contributed by atoms with E-state index in [9.17, 15) is 20.1 Å². The highest BCUT2D eigenvalue weighted by atomic mass is 16.4. The molecule has 0 saturated heterocycles. The number of nitrogens with zero attached hydrogens (tertiary/aromatic N) is 2. The molecule has 28 heavy (non-hydrogen) atoms. The van der Waals surface area contributed by atoms with Crippen molar-refractivity contribution in [1.82, 2.24) is 4.48 Å². The second kappa shape index (κ2) is 9.22. The highest BCUT2D eigenvalue weighted by Gasteiger charge is 2.23. The van der Waals surface area contributed by atoms with Gasteiger partial charge < -0.3 is 24.6 Å². The van der Waals surface area contributed by atoms with Crippen LogP contribution < -0.4 is 15.4 Å². The van der Waals surface area contributed by atoms with Crippen molar-refractivity contribution < 1.29 is 24.6 Å². The third-order valence-electron chi connectivity index (χ3n) is 5.26. The second-order valence-electron chi connectivity index (χ2n) is 8.66. The summed E-state index contributed by atoms with van der Waals surface area (Å²) in [5.41, 5.74) is 3.31. The monoisotopic (exact) mass is 386 g/mol. The number of hydrogen-bond acceptors (Lipinski definition) is 4. The van der Waals surface area contributed by atoms with Gasteiger partial charge in [0.2, 0.25) is 0 Å². The topological polar surface area (TPSA) is 80.9 Å². The minimum absolute atomic E-state index is 0.501. The molecule has 0 heterocycles. The van der Waals surface area contributed by atoms with Crippen LogP contribution in [0.1, 0.15) is 12.0 Å². The van der Waals surface area contributed by atoms with Crippen LogP contribution in [-0.2, 0) is 6.54 Å². The summed E-state index contributed by atoms with van der Waals surface area (Å²) in [6.45, 7) is 2.86. The summed E-state index contributed by atoms with van der Waals surface area (Å²) in [7, 11) is 5.86. The standard InChI is InChI=1S/C20H32B2N2O4/c1-23(2,16-17-6-8-18(9-7-17)21(25)26)14-5-15-24(3,4)20-12-10-19(11-13-20)22(27)28/h6-13,25-28H,5,14-16H2,1-4H3/q+2. The lowest BCUT2D eigenvalue weighted by Gasteiger charge is -2.33. The van der Waals surface area contributed by atoms with Crippen molar-refractivity contribution in [2.24, 2.45) is 0 Å². The first-order valence-electron chi connectivity index (χ1n) is 9.57. The van der Waals surface area contributed by atoms with Gasteiger partial charge in [-0.1, -0.05) is 36.4 Å². The minimum atomic E-state index is -1.43. The van der Waals surface area contributed by atoms with Gasteiger partial charge in [0.05, 0.1) is 41.3 Å². The van der Waals surface area contributed by atoms with Gasteiger partial charge in [-0.2, -0.15) is 0 Å². The van der Waals surface area contributed by atoms with E-state index in [1.54, 1.807) is 24.3 Å². The van der Waals surface area contributed by atoms with Crippen molar-refractivity contribution in [3.63, 3.8) is 0 Å². The average Bonchev–Trinajstić information content (AvgIpc) is 2.61. The summed E-state index contributed by atoms with van der Waals surface area (Å²) in [5, 5.41) is 36.9. The largest absolute Gasteiger partial charge is 0.488 e. The van der Waals surface area contributed by atoms with Gasteiger partial charge in [-0.15, -0.1) is 0 Å². The maximum absolute atomic E-state index is 9.24. The molecule has 2 rings (SSSR count). The molecule has 0 unspecified atom stereocenters. The molecular formula is C20H32B2N2O4+2. The van der Waals surface area contributed by atoms with Gasteiger partial charge in [0.25, 0.3) is 0 Å². The fraction of sp³-hybridized carbons (Fsp3) is 0.400. The van der Waals surface area contributed by atoms with Crippen molar-refractivity contribution >= 4 is 30.8 Å². The van der Waals surface area contributed by atoms with Crippen LogP contribution in [0.25, 0.3) is 0 Å². The van der Waals surface area contributed by atoms with E-state index in [0.29, 0.717) is 10.9 Å². The zero-order valence-corrected chi connectivity index (χ0v) is 17.3.